The Morgan fingerprint density at radius 1 is 0.936 bits per heavy atom. The number of rotatable bonds is 7. The van der Waals surface area contributed by atoms with Gasteiger partial charge in [-0.1, -0.05) is 43.3 Å². The van der Waals surface area contributed by atoms with Crippen LogP contribution >= 0.6 is 0 Å². The van der Waals surface area contributed by atoms with Gasteiger partial charge in [-0.05, 0) is 75.6 Å². The molecule has 0 aliphatic carbocycles. The number of hydrogen-bond acceptors (Lipinski definition) is 6. The maximum Gasteiger partial charge on any atom is 0.323 e. The highest BCUT2D eigenvalue weighted by Crippen LogP contribution is 2.29. The summed E-state index contributed by atoms with van der Waals surface area (Å²) in [6, 6.07) is 22.1. The third-order valence-corrected chi connectivity index (χ3v) is 8.17. The lowest BCUT2D eigenvalue weighted by molar-refractivity contribution is -0.0115. The van der Waals surface area contributed by atoms with E-state index in [0.29, 0.717) is 36.0 Å². The number of fused-ring (bicyclic) bond motifs is 1. The normalized spacial score (nSPS) is 19.7. The van der Waals surface area contributed by atoms with E-state index in [4.69, 9.17) is 9.47 Å². The van der Waals surface area contributed by atoms with Gasteiger partial charge in [0, 0.05) is 49.7 Å². The second kappa shape index (κ2) is 17.3. The number of anilines is 3. The molecule has 1 aliphatic rings. The van der Waals surface area contributed by atoms with Crippen molar-refractivity contribution in [2.24, 2.45) is 5.92 Å². The van der Waals surface area contributed by atoms with Gasteiger partial charge in [-0.25, -0.2) is 9.59 Å². The monoisotopic (exact) mass is 645 g/mol. The highest BCUT2D eigenvalue weighted by atomic mass is 16.5. The third-order valence-electron chi connectivity index (χ3n) is 8.17. The van der Waals surface area contributed by atoms with Gasteiger partial charge in [0.05, 0.1) is 30.4 Å². The number of likely N-dealkylation sites (N-methyl/N-ethyl adjacent to an activating group) is 1. The molecule has 1 aliphatic heterocycles. The van der Waals surface area contributed by atoms with Crippen LogP contribution in [0.3, 0.4) is 0 Å². The van der Waals surface area contributed by atoms with E-state index < -0.39 is 12.1 Å². The summed E-state index contributed by atoms with van der Waals surface area (Å²) in [5.74, 6) is -0.149. The largest absolute Gasteiger partial charge is 0.490 e. The Morgan fingerprint density at radius 2 is 1.57 bits per heavy atom. The van der Waals surface area contributed by atoms with Crippen molar-refractivity contribution in [3.63, 3.8) is 0 Å². The second-order valence-electron chi connectivity index (χ2n) is 12.1. The van der Waals surface area contributed by atoms with Crippen LogP contribution in [0.1, 0.15) is 50.4 Å². The minimum absolute atomic E-state index is 0.184. The number of carbonyl (C=O) groups is 3. The van der Waals surface area contributed by atoms with Crippen molar-refractivity contribution >= 4 is 35.0 Å². The number of benzene rings is 3. The summed E-state index contributed by atoms with van der Waals surface area (Å²) in [6.07, 6.45) is 1.83. The maximum absolute atomic E-state index is 14.3. The van der Waals surface area contributed by atoms with Crippen LogP contribution in [0.15, 0.2) is 78.9 Å². The molecule has 0 fully saturated rings. The van der Waals surface area contributed by atoms with Crippen LogP contribution in [-0.2, 0) is 4.74 Å². The van der Waals surface area contributed by atoms with Crippen LogP contribution in [0.5, 0.6) is 5.75 Å². The minimum atomic E-state index is -0.527. The summed E-state index contributed by atoms with van der Waals surface area (Å²) in [7, 11) is 1.72. The molecule has 0 aromatic heterocycles. The number of carbonyl (C=O) groups excluding carboxylic acids is 3. The summed E-state index contributed by atoms with van der Waals surface area (Å²) in [6.45, 7) is 6.51. The fraction of sp³-hybridized carbons (Fsp3) is 0.417. The van der Waals surface area contributed by atoms with Crippen LogP contribution in [0.25, 0.3) is 0 Å². The van der Waals surface area contributed by atoms with E-state index in [9.17, 15) is 19.5 Å². The molecule has 0 bridgehead atoms. The molecule has 1 heterocycles. The van der Waals surface area contributed by atoms with Gasteiger partial charge in [-0.3, -0.25) is 4.79 Å². The molecule has 0 radical (unpaired) electrons. The van der Waals surface area contributed by atoms with Crippen LogP contribution in [0.2, 0.25) is 0 Å². The Bertz CT molecular complexity index is 1460. The molecule has 0 unspecified atom stereocenters. The lowest BCUT2D eigenvalue weighted by Gasteiger charge is -2.35. The van der Waals surface area contributed by atoms with E-state index in [1.54, 1.807) is 54.1 Å². The van der Waals surface area contributed by atoms with Crippen molar-refractivity contribution in [1.29, 1.82) is 0 Å². The number of urea groups is 2. The number of hydrogen-bond donors (Lipinski definition) is 4. The standard InChI is InChI=1S/C36H47N5O6/c1-25-22-41(26(2)24-42)34(43)31-21-30(38-35(44)37-28-14-7-5-8-15-28)18-19-32(31)47-27(3)13-11-12-20-46-33(25)23-40(4)36(45)39-29-16-9-6-10-17-29/h5-10,14-19,21,25-27,33,42H,11-13,20,22-24H2,1-4H3,(H,39,45)(H2,37,38,44)/t25-,26+,27-,33+/m1/s1. The summed E-state index contributed by atoms with van der Waals surface area (Å²) in [4.78, 5) is 43.3. The van der Waals surface area contributed by atoms with Crippen molar-refractivity contribution < 1.29 is 29.0 Å². The molecule has 0 spiro atoms. The van der Waals surface area contributed by atoms with Gasteiger partial charge in [-0.2, -0.15) is 0 Å². The zero-order valence-corrected chi connectivity index (χ0v) is 27.6. The third kappa shape index (κ3) is 10.5. The minimum Gasteiger partial charge on any atom is -0.490 e. The average Bonchev–Trinajstić information content (AvgIpc) is 3.06. The summed E-state index contributed by atoms with van der Waals surface area (Å²) in [5.41, 5.74) is 2.02. The Balaban J connectivity index is 1.58. The van der Waals surface area contributed by atoms with Gasteiger partial charge in [0.15, 0.2) is 0 Å². The van der Waals surface area contributed by atoms with Crippen molar-refractivity contribution in [2.45, 2.75) is 58.3 Å². The topological polar surface area (TPSA) is 132 Å². The van der Waals surface area contributed by atoms with Crippen LogP contribution in [0, 0.1) is 5.92 Å². The summed E-state index contributed by atoms with van der Waals surface area (Å²) in [5, 5.41) is 18.7. The molecular weight excluding hydrogens is 598 g/mol. The summed E-state index contributed by atoms with van der Waals surface area (Å²) < 4.78 is 12.6. The first-order valence-corrected chi connectivity index (χ1v) is 16.2. The van der Waals surface area contributed by atoms with Crippen molar-refractivity contribution in [3.8, 4) is 5.75 Å². The first kappa shape index (κ1) is 35.2. The first-order chi connectivity index (χ1) is 22.6. The van der Waals surface area contributed by atoms with Gasteiger partial charge in [0.25, 0.3) is 5.91 Å². The molecule has 4 rings (SSSR count). The quantitative estimate of drug-likeness (QED) is 0.239. The van der Waals surface area contributed by atoms with E-state index in [0.717, 1.165) is 19.3 Å². The van der Waals surface area contributed by atoms with E-state index in [2.05, 4.69) is 16.0 Å². The predicted octanol–water partition coefficient (Wildman–Crippen LogP) is 6.29. The Morgan fingerprint density at radius 3 is 2.23 bits per heavy atom. The van der Waals surface area contributed by atoms with E-state index in [1.165, 1.54) is 0 Å². The molecule has 3 aromatic rings. The van der Waals surface area contributed by atoms with Crippen molar-refractivity contribution in [3.05, 3.63) is 84.4 Å². The Kier molecular flexibility index (Phi) is 13.0. The zero-order valence-electron chi connectivity index (χ0n) is 27.6. The van der Waals surface area contributed by atoms with Crippen LogP contribution in [-0.4, -0.2) is 84.5 Å². The average molecular weight is 646 g/mol. The van der Waals surface area contributed by atoms with Crippen molar-refractivity contribution in [1.82, 2.24) is 9.80 Å². The van der Waals surface area contributed by atoms with Gasteiger partial charge in [0.1, 0.15) is 5.75 Å². The lowest BCUT2D eigenvalue weighted by atomic mass is 10.0. The van der Waals surface area contributed by atoms with E-state index in [-0.39, 0.29) is 48.8 Å². The fourth-order valence-electron chi connectivity index (χ4n) is 5.37. The smallest absolute Gasteiger partial charge is 0.323 e. The predicted molar refractivity (Wildman–Crippen MR) is 184 cm³/mol. The number of nitrogens with one attached hydrogen (secondary N) is 3. The highest BCUT2D eigenvalue weighted by molar-refractivity contribution is 6.02. The fourth-order valence-corrected chi connectivity index (χ4v) is 5.37. The molecule has 0 saturated carbocycles. The zero-order chi connectivity index (χ0) is 33.8. The molecule has 4 atom stereocenters. The molecular formula is C36H47N5O6. The van der Waals surface area contributed by atoms with E-state index in [1.807, 2.05) is 62.4 Å². The molecule has 252 valence electrons. The molecule has 5 amide bonds. The highest BCUT2D eigenvalue weighted by Gasteiger charge is 2.31. The van der Waals surface area contributed by atoms with Crippen LogP contribution in [0.4, 0.5) is 26.7 Å². The van der Waals surface area contributed by atoms with Crippen LogP contribution < -0.4 is 20.7 Å². The Hall–Kier alpha value is -4.61. The van der Waals surface area contributed by atoms with Gasteiger partial charge >= 0.3 is 12.1 Å². The lowest BCUT2D eigenvalue weighted by Crippen LogP contribution is -2.48. The summed E-state index contributed by atoms with van der Waals surface area (Å²) >= 11 is 0. The molecule has 11 heteroatoms. The molecule has 0 saturated heterocycles. The first-order valence-electron chi connectivity index (χ1n) is 16.2. The van der Waals surface area contributed by atoms with Gasteiger partial charge in [-0.15, -0.1) is 0 Å². The Labute approximate surface area is 277 Å². The second-order valence-corrected chi connectivity index (χ2v) is 12.1. The maximum atomic E-state index is 14.3. The SMILES string of the molecule is C[C@@H]1CCCCO[C@@H](CN(C)C(=O)Nc2ccccc2)[C@H](C)CN([C@@H](C)CO)C(=O)c2cc(NC(=O)Nc3ccccc3)ccc2O1. The number of aliphatic hydroxyl groups excluding tert-OH is 1. The van der Waals surface area contributed by atoms with Gasteiger partial charge in [0.2, 0.25) is 0 Å². The number of ether oxygens (including phenoxy) is 2. The molecule has 11 nitrogen and oxygen atoms in total. The van der Waals surface area contributed by atoms with Crippen molar-refractivity contribution in [2.75, 3.05) is 49.3 Å². The number of para-hydroxylation sites is 2. The molecule has 47 heavy (non-hydrogen) atoms. The molecule has 3 aromatic carbocycles. The number of nitrogens with zero attached hydrogens (tertiary/aromatic N) is 2. The number of aliphatic hydroxyl groups is 1. The molecule has 4 N–H and O–H groups in total. The van der Waals surface area contributed by atoms with E-state index >= 15 is 0 Å². The van der Waals surface area contributed by atoms with Gasteiger partial charge < -0.3 is 40.3 Å². The number of amides is 5.